The predicted octanol–water partition coefficient (Wildman–Crippen LogP) is 8.21. The number of rotatable bonds is 7. The van der Waals surface area contributed by atoms with Crippen LogP contribution in [0.4, 0.5) is 0 Å². The minimum Gasteiger partial charge on any atom is -0.0651 e. The molecule has 0 saturated carbocycles. The molecule has 0 radical (unpaired) electrons. The van der Waals surface area contributed by atoms with Crippen LogP contribution in [0.2, 0.25) is 0 Å². The van der Waals surface area contributed by atoms with E-state index < -0.39 is 0 Å². The minimum absolute atomic E-state index is 0.226. The Bertz CT molecular complexity index is 375. The van der Waals surface area contributed by atoms with Gasteiger partial charge in [-0.3, -0.25) is 0 Å². The van der Waals surface area contributed by atoms with Gasteiger partial charge in [-0.25, -0.2) is 0 Å². The third kappa shape index (κ3) is 3.67. The second-order valence-electron chi connectivity index (χ2n) is 11.5. The fraction of sp³-hybridized carbons (Fsp3) is 1.00. The smallest absolute Gasteiger partial charge is 0.0195 e. The lowest BCUT2D eigenvalue weighted by Crippen LogP contribution is -2.59. The highest BCUT2D eigenvalue weighted by molar-refractivity contribution is 5.09. The average molecular weight is 325 g/mol. The summed E-state index contributed by atoms with van der Waals surface area (Å²) in [5.74, 6) is 1.44. The van der Waals surface area contributed by atoms with Crippen LogP contribution in [0.5, 0.6) is 0 Å². The SMILES string of the molecule is CCC(C)CC(C)(C)C(C)(C(C)C)C(C)(C)C(C)(C)C(C)(C)C. The molecule has 0 spiro atoms. The van der Waals surface area contributed by atoms with Crippen LogP contribution >= 0.6 is 0 Å². The summed E-state index contributed by atoms with van der Waals surface area (Å²) in [6.07, 6.45) is 2.59. The van der Waals surface area contributed by atoms with E-state index in [1.807, 2.05) is 0 Å². The van der Waals surface area contributed by atoms with E-state index in [0.29, 0.717) is 11.3 Å². The van der Waals surface area contributed by atoms with Gasteiger partial charge in [0.15, 0.2) is 0 Å². The molecule has 0 aliphatic heterocycles. The molecule has 0 aliphatic carbocycles. The first-order valence-corrected chi connectivity index (χ1v) is 9.90. The summed E-state index contributed by atoms with van der Waals surface area (Å²) in [5.41, 5.74) is 1.32. The van der Waals surface area contributed by atoms with Gasteiger partial charge in [-0.05, 0) is 45.3 Å². The van der Waals surface area contributed by atoms with Gasteiger partial charge in [0.1, 0.15) is 0 Å². The molecule has 0 aromatic heterocycles. The lowest BCUT2D eigenvalue weighted by atomic mass is 9.39. The van der Waals surface area contributed by atoms with Crippen LogP contribution in [0.15, 0.2) is 0 Å². The third-order valence-corrected chi connectivity index (χ3v) is 8.85. The Morgan fingerprint density at radius 3 is 1.30 bits per heavy atom. The highest BCUT2D eigenvalue weighted by Crippen LogP contribution is 2.67. The molecule has 0 aliphatic rings. The Kier molecular flexibility index (Phi) is 6.72. The Balaban J connectivity index is 6.24. The fourth-order valence-corrected chi connectivity index (χ4v) is 5.16. The van der Waals surface area contributed by atoms with E-state index in [-0.39, 0.29) is 21.7 Å². The first kappa shape index (κ1) is 23.0. The lowest BCUT2D eigenvalue weighted by molar-refractivity contribution is -0.174. The van der Waals surface area contributed by atoms with Crippen molar-refractivity contribution in [1.29, 1.82) is 0 Å². The Morgan fingerprint density at radius 2 is 1.04 bits per heavy atom. The van der Waals surface area contributed by atoms with E-state index in [0.717, 1.165) is 5.92 Å². The Labute approximate surface area is 149 Å². The van der Waals surface area contributed by atoms with Crippen molar-refractivity contribution in [2.75, 3.05) is 0 Å². The van der Waals surface area contributed by atoms with Crippen LogP contribution in [-0.4, -0.2) is 0 Å². The normalized spacial score (nSPS) is 18.9. The zero-order valence-electron chi connectivity index (χ0n) is 19.1. The summed E-state index contributed by atoms with van der Waals surface area (Å²) >= 11 is 0. The molecular weight excluding hydrogens is 276 g/mol. The molecule has 2 unspecified atom stereocenters. The van der Waals surface area contributed by atoms with Crippen molar-refractivity contribution in [2.45, 2.75) is 110 Å². The summed E-state index contributed by atoms with van der Waals surface area (Å²) in [7, 11) is 0. The van der Waals surface area contributed by atoms with Crippen LogP contribution in [0.25, 0.3) is 0 Å². The quantitative estimate of drug-likeness (QED) is 0.442. The minimum atomic E-state index is 0.226. The molecule has 0 bridgehead atoms. The van der Waals surface area contributed by atoms with Gasteiger partial charge in [0, 0.05) is 0 Å². The monoisotopic (exact) mass is 324 g/mol. The summed E-state index contributed by atoms with van der Waals surface area (Å²) < 4.78 is 0. The molecule has 0 fully saturated rings. The molecule has 0 nitrogen and oxygen atoms in total. The first-order chi connectivity index (χ1) is 9.90. The number of hydrogen-bond acceptors (Lipinski definition) is 0. The second kappa shape index (κ2) is 6.72. The largest absolute Gasteiger partial charge is 0.0651 e. The summed E-state index contributed by atoms with van der Waals surface area (Å²) in [6, 6.07) is 0. The molecule has 0 heterocycles. The average Bonchev–Trinajstić information content (AvgIpc) is 2.34. The summed E-state index contributed by atoms with van der Waals surface area (Å²) in [5, 5.41) is 0. The third-order valence-electron chi connectivity index (χ3n) is 8.85. The van der Waals surface area contributed by atoms with Crippen molar-refractivity contribution < 1.29 is 0 Å². The maximum Gasteiger partial charge on any atom is -0.0195 e. The zero-order valence-corrected chi connectivity index (χ0v) is 19.1. The number of hydrogen-bond donors (Lipinski definition) is 0. The van der Waals surface area contributed by atoms with Gasteiger partial charge >= 0.3 is 0 Å². The molecule has 23 heavy (non-hydrogen) atoms. The zero-order chi connectivity index (χ0) is 19.1. The summed E-state index contributed by atoms with van der Waals surface area (Å²) in [6.45, 7) is 34.6. The molecule has 0 amide bonds. The highest BCUT2D eigenvalue weighted by atomic mass is 14.6. The van der Waals surface area contributed by atoms with E-state index in [1.165, 1.54) is 12.8 Å². The predicted molar refractivity (Wildman–Crippen MR) is 108 cm³/mol. The van der Waals surface area contributed by atoms with Gasteiger partial charge in [-0.2, -0.15) is 0 Å². The van der Waals surface area contributed by atoms with Crippen molar-refractivity contribution in [3.05, 3.63) is 0 Å². The molecule has 0 rings (SSSR count). The standard InChI is InChI=1S/C23H48/c1-15-18(4)16-20(8,9)23(14,17(2)3)22(12,13)21(10,11)19(5,6)7/h17-18H,15-16H2,1-14H3. The molecule has 0 aromatic carbocycles. The molecule has 0 N–H and O–H groups in total. The van der Waals surface area contributed by atoms with E-state index in [4.69, 9.17) is 0 Å². The molecule has 0 saturated heterocycles. The van der Waals surface area contributed by atoms with Crippen molar-refractivity contribution in [3.63, 3.8) is 0 Å². The van der Waals surface area contributed by atoms with Gasteiger partial charge in [-0.1, -0.05) is 103 Å². The van der Waals surface area contributed by atoms with Crippen LogP contribution < -0.4 is 0 Å². The topological polar surface area (TPSA) is 0 Å². The highest BCUT2D eigenvalue weighted by Gasteiger charge is 2.60. The fourth-order valence-electron chi connectivity index (χ4n) is 5.16. The Hall–Kier alpha value is 0. The van der Waals surface area contributed by atoms with Crippen molar-refractivity contribution >= 4 is 0 Å². The van der Waals surface area contributed by atoms with Gasteiger partial charge in [0.25, 0.3) is 0 Å². The van der Waals surface area contributed by atoms with E-state index in [1.54, 1.807) is 0 Å². The van der Waals surface area contributed by atoms with Crippen LogP contribution in [0.1, 0.15) is 110 Å². The molecule has 140 valence electrons. The summed E-state index contributed by atoms with van der Waals surface area (Å²) in [4.78, 5) is 0. The maximum absolute atomic E-state index is 2.58. The van der Waals surface area contributed by atoms with Crippen molar-refractivity contribution in [3.8, 4) is 0 Å². The van der Waals surface area contributed by atoms with Crippen molar-refractivity contribution in [2.24, 2.45) is 38.9 Å². The maximum atomic E-state index is 2.58. The van der Waals surface area contributed by atoms with Gasteiger partial charge < -0.3 is 0 Å². The van der Waals surface area contributed by atoms with E-state index in [9.17, 15) is 0 Å². The van der Waals surface area contributed by atoms with Crippen LogP contribution in [-0.2, 0) is 0 Å². The molecule has 2 atom stereocenters. The van der Waals surface area contributed by atoms with Crippen LogP contribution in [0, 0.1) is 38.9 Å². The van der Waals surface area contributed by atoms with Gasteiger partial charge in [0.2, 0.25) is 0 Å². The first-order valence-electron chi connectivity index (χ1n) is 9.90. The van der Waals surface area contributed by atoms with Gasteiger partial charge in [0.05, 0.1) is 0 Å². The second-order valence-corrected chi connectivity index (χ2v) is 11.5. The van der Waals surface area contributed by atoms with E-state index >= 15 is 0 Å². The van der Waals surface area contributed by atoms with E-state index in [2.05, 4.69) is 96.9 Å². The lowest BCUT2D eigenvalue weighted by Gasteiger charge is -2.66. The molecular formula is C23H48. The Morgan fingerprint density at radius 1 is 0.652 bits per heavy atom. The van der Waals surface area contributed by atoms with Crippen LogP contribution in [0.3, 0.4) is 0 Å². The molecule has 0 heteroatoms. The molecule has 0 aromatic rings. The van der Waals surface area contributed by atoms with Crippen molar-refractivity contribution in [1.82, 2.24) is 0 Å². The van der Waals surface area contributed by atoms with Gasteiger partial charge in [-0.15, -0.1) is 0 Å².